The second-order valence-electron chi connectivity index (χ2n) is 5.05. The lowest BCUT2D eigenvalue weighted by molar-refractivity contribution is 0.411. The SMILES string of the molecule is CCN(CC1CC1)S(=O)(=O)c1ccc(C#CCN)c(F)c1. The second kappa shape index (κ2) is 6.56. The molecule has 0 atom stereocenters. The molecule has 6 heteroatoms. The van der Waals surface area contributed by atoms with Gasteiger partial charge in [0.1, 0.15) is 5.82 Å². The lowest BCUT2D eigenvalue weighted by Crippen LogP contribution is -2.32. The van der Waals surface area contributed by atoms with E-state index in [4.69, 9.17) is 5.73 Å². The van der Waals surface area contributed by atoms with Crippen LogP contribution in [0.3, 0.4) is 0 Å². The van der Waals surface area contributed by atoms with Gasteiger partial charge in [0.15, 0.2) is 0 Å². The van der Waals surface area contributed by atoms with E-state index >= 15 is 0 Å². The van der Waals surface area contributed by atoms with Gasteiger partial charge < -0.3 is 5.73 Å². The van der Waals surface area contributed by atoms with Crippen molar-refractivity contribution in [3.05, 3.63) is 29.6 Å². The van der Waals surface area contributed by atoms with Crippen LogP contribution in [0.2, 0.25) is 0 Å². The summed E-state index contributed by atoms with van der Waals surface area (Å²) in [7, 11) is -3.65. The summed E-state index contributed by atoms with van der Waals surface area (Å²) in [4.78, 5) is -0.0270. The van der Waals surface area contributed by atoms with Gasteiger partial charge in [0.25, 0.3) is 0 Å². The highest BCUT2D eigenvalue weighted by Crippen LogP contribution is 2.31. The van der Waals surface area contributed by atoms with Crippen LogP contribution in [0.15, 0.2) is 23.1 Å². The van der Waals surface area contributed by atoms with Gasteiger partial charge in [-0.1, -0.05) is 18.8 Å². The summed E-state index contributed by atoms with van der Waals surface area (Å²) in [6.45, 7) is 2.81. The molecule has 1 aliphatic carbocycles. The molecule has 4 nitrogen and oxygen atoms in total. The van der Waals surface area contributed by atoms with Crippen molar-refractivity contribution in [3.63, 3.8) is 0 Å². The van der Waals surface area contributed by atoms with Crippen molar-refractivity contribution in [1.29, 1.82) is 0 Å². The third kappa shape index (κ3) is 3.82. The molecule has 0 saturated heterocycles. The highest BCUT2D eigenvalue weighted by molar-refractivity contribution is 7.89. The molecule has 0 radical (unpaired) electrons. The van der Waals surface area contributed by atoms with Crippen molar-refractivity contribution < 1.29 is 12.8 Å². The predicted molar refractivity (Wildman–Crippen MR) is 79.5 cm³/mol. The molecule has 2 N–H and O–H groups in total. The van der Waals surface area contributed by atoms with E-state index < -0.39 is 15.8 Å². The average Bonchev–Trinajstić information content (AvgIpc) is 3.27. The van der Waals surface area contributed by atoms with Crippen molar-refractivity contribution in [2.45, 2.75) is 24.7 Å². The summed E-state index contributed by atoms with van der Waals surface area (Å²) in [5.41, 5.74) is 5.39. The molecule has 1 aliphatic rings. The maximum absolute atomic E-state index is 13.9. The second-order valence-corrected chi connectivity index (χ2v) is 6.98. The third-order valence-corrected chi connectivity index (χ3v) is 5.35. The Hall–Kier alpha value is -1.42. The van der Waals surface area contributed by atoms with Crippen LogP contribution in [0.25, 0.3) is 0 Å². The maximum atomic E-state index is 13.9. The van der Waals surface area contributed by atoms with Crippen molar-refractivity contribution in [2.75, 3.05) is 19.6 Å². The molecule has 0 heterocycles. The van der Waals surface area contributed by atoms with E-state index in [-0.39, 0.29) is 17.0 Å². The van der Waals surface area contributed by atoms with Gasteiger partial charge in [-0.05, 0) is 37.0 Å². The number of hydrogen-bond acceptors (Lipinski definition) is 3. The van der Waals surface area contributed by atoms with Crippen molar-refractivity contribution in [3.8, 4) is 11.8 Å². The molecule has 1 saturated carbocycles. The molecule has 21 heavy (non-hydrogen) atoms. The fourth-order valence-corrected chi connectivity index (χ4v) is 3.58. The van der Waals surface area contributed by atoms with E-state index in [1.165, 1.54) is 16.4 Å². The zero-order valence-corrected chi connectivity index (χ0v) is 12.8. The van der Waals surface area contributed by atoms with E-state index in [1.54, 1.807) is 6.92 Å². The topological polar surface area (TPSA) is 63.4 Å². The van der Waals surface area contributed by atoms with E-state index in [0.29, 0.717) is 19.0 Å². The van der Waals surface area contributed by atoms with Gasteiger partial charge in [-0.3, -0.25) is 0 Å². The molecule has 0 bridgehead atoms. The number of sulfonamides is 1. The standard InChI is InChI=1S/C15H19FN2O2S/c1-2-18(11-12-5-6-12)21(19,20)14-8-7-13(4-3-9-17)15(16)10-14/h7-8,10,12H,2,5-6,9,11,17H2,1H3. The summed E-state index contributed by atoms with van der Waals surface area (Å²) in [6, 6.07) is 3.82. The summed E-state index contributed by atoms with van der Waals surface area (Å²) in [5, 5.41) is 0. The van der Waals surface area contributed by atoms with Gasteiger partial charge in [0.05, 0.1) is 17.0 Å². The Bertz CT molecular complexity index is 673. The van der Waals surface area contributed by atoms with Crippen LogP contribution < -0.4 is 5.73 Å². The van der Waals surface area contributed by atoms with Gasteiger partial charge in [-0.2, -0.15) is 4.31 Å². The normalized spacial score (nSPS) is 14.9. The first-order valence-corrected chi connectivity index (χ1v) is 8.41. The molecule has 1 fully saturated rings. The Morgan fingerprint density at radius 3 is 2.67 bits per heavy atom. The minimum Gasteiger partial charge on any atom is -0.320 e. The smallest absolute Gasteiger partial charge is 0.243 e. The molecule has 2 rings (SSSR count). The van der Waals surface area contributed by atoms with E-state index in [9.17, 15) is 12.8 Å². The number of nitrogens with two attached hydrogens (primary N) is 1. The molecule has 0 amide bonds. The summed E-state index contributed by atoms with van der Waals surface area (Å²) in [5.74, 6) is 4.93. The predicted octanol–water partition coefficient (Wildman–Crippen LogP) is 1.56. The summed E-state index contributed by atoms with van der Waals surface area (Å²) in [6.07, 6.45) is 2.13. The van der Waals surface area contributed by atoms with Crippen LogP contribution in [-0.2, 0) is 10.0 Å². The fourth-order valence-electron chi connectivity index (χ4n) is 2.04. The average molecular weight is 310 g/mol. The first-order chi connectivity index (χ1) is 9.98. The molecule has 0 aliphatic heterocycles. The molecule has 0 unspecified atom stereocenters. The van der Waals surface area contributed by atoms with E-state index in [0.717, 1.165) is 18.9 Å². The number of halogens is 1. The Kier molecular flexibility index (Phi) is 4.99. The Morgan fingerprint density at radius 1 is 1.43 bits per heavy atom. The molecule has 0 aromatic heterocycles. The molecule has 1 aromatic rings. The van der Waals surface area contributed by atoms with Gasteiger partial charge >= 0.3 is 0 Å². The van der Waals surface area contributed by atoms with Crippen molar-refractivity contribution in [1.82, 2.24) is 4.31 Å². The number of nitrogens with zero attached hydrogens (tertiary/aromatic N) is 1. The highest BCUT2D eigenvalue weighted by atomic mass is 32.2. The van der Waals surface area contributed by atoms with Gasteiger partial charge in [0.2, 0.25) is 10.0 Å². The van der Waals surface area contributed by atoms with E-state index in [2.05, 4.69) is 11.8 Å². The zero-order chi connectivity index (χ0) is 15.5. The Balaban J connectivity index is 2.28. The lowest BCUT2D eigenvalue weighted by atomic mass is 10.2. The van der Waals surface area contributed by atoms with Crippen LogP contribution in [0.5, 0.6) is 0 Å². The number of hydrogen-bond donors (Lipinski definition) is 1. The van der Waals surface area contributed by atoms with Gasteiger partial charge in [-0.15, -0.1) is 0 Å². The molecule has 114 valence electrons. The summed E-state index contributed by atoms with van der Waals surface area (Å²) < 4.78 is 40.3. The van der Waals surface area contributed by atoms with Crippen molar-refractivity contribution in [2.24, 2.45) is 11.7 Å². The highest BCUT2D eigenvalue weighted by Gasteiger charge is 2.30. The van der Waals surface area contributed by atoms with Crippen LogP contribution in [0, 0.1) is 23.6 Å². The van der Waals surface area contributed by atoms with Gasteiger partial charge in [-0.25, -0.2) is 12.8 Å². The zero-order valence-electron chi connectivity index (χ0n) is 12.0. The van der Waals surface area contributed by atoms with Crippen LogP contribution in [-0.4, -0.2) is 32.4 Å². The van der Waals surface area contributed by atoms with Crippen LogP contribution in [0.4, 0.5) is 4.39 Å². The lowest BCUT2D eigenvalue weighted by Gasteiger charge is -2.20. The third-order valence-electron chi connectivity index (χ3n) is 3.41. The largest absolute Gasteiger partial charge is 0.320 e. The minimum atomic E-state index is -3.65. The molecule has 0 spiro atoms. The van der Waals surface area contributed by atoms with E-state index in [1.807, 2.05) is 0 Å². The number of rotatable bonds is 5. The van der Waals surface area contributed by atoms with Crippen LogP contribution >= 0.6 is 0 Å². The Morgan fingerprint density at radius 2 is 2.14 bits per heavy atom. The van der Waals surface area contributed by atoms with Gasteiger partial charge in [0, 0.05) is 13.1 Å². The molecular formula is C15H19FN2O2S. The summed E-state index contributed by atoms with van der Waals surface area (Å²) >= 11 is 0. The maximum Gasteiger partial charge on any atom is 0.243 e. The molecular weight excluding hydrogens is 291 g/mol. The first kappa shape index (κ1) is 16.0. The number of benzene rings is 1. The monoisotopic (exact) mass is 310 g/mol. The first-order valence-electron chi connectivity index (χ1n) is 6.97. The Labute approximate surface area is 125 Å². The van der Waals surface area contributed by atoms with Crippen LogP contribution in [0.1, 0.15) is 25.3 Å². The quantitative estimate of drug-likeness (QED) is 0.840. The fraction of sp³-hybridized carbons (Fsp3) is 0.467. The van der Waals surface area contributed by atoms with Crippen molar-refractivity contribution >= 4 is 10.0 Å². The minimum absolute atomic E-state index is 0.0270. The molecule has 1 aromatic carbocycles.